The van der Waals surface area contributed by atoms with E-state index in [1.165, 1.54) is 18.3 Å². The second-order valence-corrected chi connectivity index (χ2v) is 7.10. The Labute approximate surface area is 169 Å². The number of hydrazone groups is 1. The first-order chi connectivity index (χ1) is 13.6. The summed E-state index contributed by atoms with van der Waals surface area (Å²) in [5.41, 5.74) is 6.25. The van der Waals surface area contributed by atoms with Gasteiger partial charge < -0.3 is 4.98 Å². The minimum atomic E-state index is -0.357. The second kappa shape index (κ2) is 7.78. The second-order valence-electron chi connectivity index (χ2n) is 6.18. The van der Waals surface area contributed by atoms with Crippen LogP contribution in [0.1, 0.15) is 16.1 Å². The van der Waals surface area contributed by atoms with Crippen molar-refractivity contribution in [3.05, 3.63) is 94.3 Å². The van der Waals surface area contributed by atoms with Crippen LogP contribution < -0.4 is 5.43 Å². The summed E-state index contributed by atoms with van der Waals surface area (Å²) in [6.45, 7) is 0. The topological polar surface area (TPSA) is 57.2 Å². The summed E-state index contributed by atoms with van der Waals surface area (Å²) in [7, 11) is 0. The number of nitrogens with zero attached hydrogens (tertiary/aromatic N) is 1. The molecule has 1 amide bonds. The van der Waals surface area contributed by atoms with Gasteiger partial charge in [0.15, 0.2) is 0 Å². The molecule has 0 atom stereocenters. The Bertz CT molecular complexity index is 1170. The number of rotatable bonds is 4. The third-order valence-corrected chi connectivity index (χ3v) is 4.79. The van der Waals surface area contributed by atoms with Crippen LogP contribution >= 0.6 is 15.9 Å². The summed E-state index contributed by atoms with van der Waals surface area (Å²) in [6, 6.07) is 21.4. The minimum Gasteiger partial charge on any atom is -0.350 e. The van der Waals surface area contributed by atoms with E-state index in [1.807, 2.05) is 48.5 Å². The Hall–Kier alpha value is -3.25. The lowest BCUT2D eigenvalue weighted by Crippen LogP contribution is -2.18. The highest BCUT2D eigenvalue weighted by atomic mass is 79.9. The van der Waals surface area contributed by atoms with Crippen molar-refractivity contribution in [2.75, 3.05) is 0 Å². The molecule has 0 aliphatic rings. The quantitative estimate of drug-likeness (QED) is 0.322. The number of carbonyl (C=O) groups is 1. The third-order valence-electron chi connectivity index (χ3n) is 4.30. The van der Waals surface area contributed by atoms with Crippen molar-refractivity contribution in [3.63, 3.8) is 0 Å². The maximum absolute atomic E-state index is 13.0. The molecule has 1 heterocycles. The van der Waals surface area contributed by atoms with Crippen molar-refractivity contribution in [2.45, 2.75) is 0 Å². The summed E-state index contributed by atoms with van der Waals surface area (Å²) in [5, 5.41) is 4.93. The van der Waals surface area contributed by atoms with Crippen LogP contribution in [0.15, 0.2) is 82.4 Å². The molecule has 0 aliphatic carbocycles. The summed E-state index contributed by atoms with van der Waals surface area (Å²) in [5.74, 6) is -0.678. The van der Waals surface area contributed by atoms with Gasteiger partial charge in [0.2, 0.25) is 0 Å². The molecular weight excluding hydrogens is 421 g/mol. The van der Waals surface area contributed by atoms with E-state index in [-0.39, 0.29) is 11.7 Å². The van der Waals surface area contributed by atoms with Gasteiger partial charge >= 0.3 is 0 Å². The lowest BCUT2D eigenvalue weighted by atomic mass is 10.0. The van der Waals surface area contributed by atoms with Crippen LogP contribution in [0.3, 0.4) is 0 Å². The zero-order valence-electron chi connectivity index (χ0n) is 14.6. The summed E-state index contributed by atoms with van der Waals surface area (Å²) in [6.07, 6.45) is 1.47. The molecule has 0 unspecified atom stereocenters. The van der Waals surface area contributed by atoms with Gasteiger partial charge in [-0.3, -0.25) is 4.79 Å². The first kappa shape index (κ1) is 18.1. The summed E-state index contributed by atoms with van der Waals surface area (Å²) >= 11 is 3.49. The molecule has 0 saturated carbocycles. The minimum absolute atomic E-state index is 0.321. The SMILES string of the molecule is O=C(N/N=C\c1ccc(F)cc1)c1[nH]c2ccc(Br)cc2c1-c1ccccc1. The van der Waals surface area contributed by atoms with Crippen LogP contribution in [-0.4, -0.2) is 17.1 Å². The number of halogens is 2. The van der Waals surface area contributed by atoms with Gasteiger partial charge in [0.05, 0.1) is 6.21 Å². The molecule has 0 aliphatic heterocycles. The Morgan fingerprint density at radius 3 is 2.54 bits per heavy atom. The fraction of sp³-hybridized carbons (Fsp3) is 0. The number of hydrogen-bond donors (Lipinski definition) is 2. The van der Waals surface area contributed by atoms with Crippen molar-refractivity contribution in [1.82, 2.24) is 10.4 Å². The molecule has 0 radical (unpaired) electrons. The maximum Gasteiger partial charge on any atom is 0.288 e. The van der Waals surface area contributed by atoms with E-state index in [0.717, 1.165) is 26.5 Å². The predicted octanol–water partition coefficient (Wildman–Crippen LogP) is 5.50. The molecule has 2 N–H and O–H groups in total. The molecular formula is C22H15BrFN3O. The normalized spacial score (nSPS) is 11.2. The molecule has 4 rings (SSSR count). The Morgan fingerprint density at radius 1 is 1.04 bits per heavy atom. The number of nitrogens with one attached hydrogen (secondary N) is 2. The van der Waals surface area contributed by atoms with Gasteiger partial charge in [0.25, 0.3) is 5.91 Å². The molecule has 1 aromatic heterocycles. The monoisotopic (exact) mass is 435 g/mol. The number of benzene rings is 3. The number of amides is 1. The first-order valence-corrected chi connectivity index (χ1v) is 9.37. The van der Waals surface area contributed by atoms with E-state index in [4.69, 9.17) is 0 Å². The summed E-state index contributed by atoms with van der Waals surface area (Å²) in [4.78, 5) is 16.0. The summed E-state index contributed by atoms with van der Waals surface area (Å²) < 4.78 is 13.9. The molecule has 6 heteroatoms. The number of H-pyrrole nitrogens is 1. The van der Waals surface area contributed by atoms with E-state index in [9.17, 15) is 9.18 Å². The predicted molar refractivity (Wildman–Crippen MR) is 113 cm³/mol. The molecule has 4 nitrogen and oxygen atoms in total. The van der Waals surface area contributed by atoms with E-state index < -0.39 is 0 Å². The van der Waals surface area contributed by atoms with E-state index in [1.54, 1.807) is 12.1 Å². The highest BCUT2D eigenvalue weighted by Crippen LogP contribution is 2.34. The van der Waals surface area contributed by atoms with Crippen molar-refractivity contribution < 1.29 is 9.18 Å². The Balaban J connectivity index is 1.69. The number of hydrogen-bond acceptors (Lipinski definition) is 2. The van der Waals surface area contributed by atoms with Crippen LogP contribution in [0.2, 0.25) is 0 Å². The van der Waals surface area contributed by atoms with Gasteiger partial charge in [0.1, 0.15) is 11.5 Å². The van der Waals surface area contributed by atoms with Gasteiger partial charge in [-0.15, -0.1) is 0 Å². The fourth-order valence-corrected chi connectivity index (χ4v) is 3.37. The third kappa shape index (κ3) is 3.73. The Morgan fingerprint density at radius 2 is 1.79 bits per heavy atom. The van der Waals surface area contributed by atoms with Gasteiger partial charge in [-0.25, -0.2) is 9.82 Å². The van der Waals surface area contributed by atoms with E-state index >= 15 is 0 Å². The number of aromatic amines is 1. The van der Waals surface area contributed by atoms with Gasteiger partial charge in [-0.2, -0.15) is 5.10 Å². The lowest BCUT2D eigenvalue weighted by molar-refractivity contribution is 0.0951. The molecule has 0 bridgehead atoms. The number of aromatic nitrogens is 1. The van der Waals surface area contributed by atoms with Crippen molar-refractivity contribution in [3.8, 4) is 11.1 Å². The highest BCUT2D eigenvalue weighted by Gasteiger charge is 2.19. The molecule has 28 heavy (non-hydrogen) atoms. The van der Waals surface area contributed by atoms with Crippen LogP contribution in [-0.2, 0) is 0 Å². The molecule has 0 spiro atoms. The molecule has 3 aromatic carbocycles. The number of carbonyl (C=O) groups excluding carboxylic acids is 1. The number of fused-ring (bicyclic) bond motifs is 1. The van der Waals surface area contributed by atoms with Gasteiger partial charge in [0, 0.05) is 20.9 Å². The van der Waals surface area contributed by atoms with Gasteiger partial charge in [-0.05, 0) is 41.5 Å². The van der Waals surface area contributed by atoms with Crippen LogP contribution in [0.25, 0.3) is 22.0 Å². The molecule has 0 fully saturated rings. The first-order valence-electron chi connectivity index (χ1n) is 8.57. The van der Waals surface area contributed by atoms with Crippen LogP contribution in [0.5, 0.6) is 0 Å². The largest absolute Gasteiger partial charge is 0.350 e. The maximum atomic E-state index is 13.0. The van der Waals surface area contributed by atoms with E-state index in [2.05, 4.69) is 31.4 Å². The molecule has 0 saturated heterocycles. The van der Waals surface area contributed by atoms with E-state index in [0.29, 0.717) is 11.3 Å². The van der Waals surface area contributed by atoms with Crippen molar-refractivity contribution in [2.24, 2.45) is 5.10 Å². The average Bonchev–Trinajstić information content (AvgIpc) is 3.09. The van der Waals surface area contributed by atoms with Crippen molar-refractivity contribution >= 4 is 39.0 Å². The van der Waals surface area contributed by atoms with Gasteiger partial charge in [-0.1, -0.05) is 58.4 Å². The standard InChI is InChI=1S/C22H15BrFN3O/c23-16-8-11-19-18(12-16)20(15-4-2-1-3-5-15)21(26-19)22(28)27-25-13-14-6-9-17(24)10-7-14/h1-13,26H,(H,27,28)/b25-13-. The van der Waals surface area contributed by atoms with Crippen LogP contribution in [0, 0.1) is 5.82 Å². The van der Waals surface area contributed by atoms with Crippen LogP contribution in [0.4, 0.5) is 4.39 Å². The molecule has 138 valence electrons. The molecule has 4 aromatic rings. The lowest BCUT2D eigenvalue weighted by Gasteiger charge is -2.04. The highest BCUT2D eigenvalue weighted by molar-refractivity contribution is 9.10. The zero-order valence-corrected chi connectivity index (χ0v) is 16.2. The smallest absolute Gasteiger partial charge is 0.288 e. The fourth-order valence-electron chi connectivity index (χ4n) is 3.01. The Kier molecular flexibility index (Phi) is 5.04. The zero-order chi connectivity index (χ0) is 19.5. The average molecular weight is 436 g/mol. The van der Waals surface area contributed by atoms with Crippen molar-refractivity contribution in [1.29, 1.82) is 0 Å².